The van der Waals surface area contributed by atoms with Gasteiger partial charge in [-0.2, -0.15) is 0 Å². The van der Waals surface area contributed by atoms with Gasteiger partial charge in [0.25, 0.3) is 0 Å². The number of hydrogen-bond acceptors (Lipinski definition) is 6. The molecule has 7 nitrogen and oxygen atoms in total. The molecule has 0 unspecified atom stereocenters. The third-order valence-corrected chi connectivity index (χ3v) is 5.08. The molecule has 0 spiro atoms. The number of carbonyl (C=O) groups excluding carboxylic acids is 1. The van der Waals surface area contributed by atoms with Crippen molar-refractivity contribution in [1.82, 2.24) is 0 Å². The average Bonchev–Trinajstić information content (AvgIpc) is 2.79. The smallest absolute Gasteiger partial charge is 0.341 e. The molecule has 2 N–H and O–H groups in total. The van der Waals surface area contributed by atoms with E-state index in [0.717, 1.165) is 17.2 Å². The number of Topliss-reactive ketones (excluding diaryl/α,β-unsaturated/α-hetero) is 1. The second-order valence-electron chi connectivity index (χ2n) is 7.65. The minimum Gasteiger partial charge on any atom is -0.507 e. The quantitative estimate of drug-likeness (QED) is 0.294. The van der Waals surface area contributed by atoms with E-state index in [1.807, 2.05) is 31.2 Å². The Morgan fingerprint density at radius 3 is 2.18 bits per heavy atom. The van der Waals surface area contributed by atoms with Gasteiger partial charge >= 0.3 is 5.97 Å². The number of ether oxygens (including phenoxy) is 3. The van der Waals surface area contributed by atoms with Gasteiger partial charge in [0.1, 0.15) is 23.0 Å². The minimum atomic E-state index is -1.03. The second-order valence-corrected chi connectivity index (χ2v) is 7.65. The Labute approximate surface area is 192 Å². The van der Waals surface area contributed by atoms with E-state index in [-0.39, 0.29) is 11.5 Å². The van der Waals surface area contributed by atoms with Crippen LogP contribution in [0.25, 0.3) is 10.8 Å². The molecule has 0 fully saturated rings. The third kappa shape index (κ3) is 6.38. The van der Waals surface area contributed by atoms with Crippen LogP contribution in [0.1, 0.15) is 42.6 Å². The van der Waals surface area contributed by atoms with Gasteiger partial charge in [-0.15, -0.1) is 0 Å². The van der Waals surface area contributed by atoms with Crippen LogP contribution >= 0.6 is 0 Å². The van der Waals surface area contributed by atoms with E-state index in [9.17, 15) is 14.7 Å². The molecule has 0 aliphatic carbocycles. The summed E-state index contributed by atoms with van der Waals surface area (Å²) in [5.41, 5.74) is 0.962. The number of carboxylic acids is 1. The number of aliphatic carboxylic acids is 1. The first-order chi connectivity index (χ1) is 15.9. The van der Waals surface area contributed by atoms with Crippen LogP contribution in [0.15, 0.2) is 48.5 Å². The fraction of sp³-hybridized carbons (Fsp3) is 0.308. The van der Waals surface area contributed by atoms with Crippen LogP contribution in [-0.4, -0.2) is 41.8 Å². The third-order valence-electron chi connectivity index (χ3n) is 5.08. The molecule has 0 amide bonds. The lowest BCUT2D eigenvalue weighted by atomic mass is 10.0. The van der Waals surface area contributed by atoms with Crippen molar-refractivity contribution >= 4 is 22.5 Å². The monoisotopic (exact) mass is 452 g/mol. The largest absolute Gasteiger partial charge is 0.507 e. The number of carboxylic acid groups (broad SMARTS) is 1. The number of carbonyl (C=O) groups is 2. The van der Waals surface area contributed by atoms with Crippen molar-refractivity contribution in [1.29, 1.82) is 0 Å². The predicted octanol–water partition coefficient (Wildman–Crippen LogP) is 5.01. The van der Waals surface area contributed by atoms with Crippen LogP contribution in [0.4, 0.5) is 0 Å². The van der Waals surface area contributed by atoms with Gasteiger partial charge in [0.2, 0.25) is 0 Å². The molecule has 3 aromatic rings. The van der Waals surface area contributed by atoms with E-state index in [1.165, 1.54) is 6.92 Å². The molecule has 3 rings (SSSR count). The molecule has 0 radical (unpaired) electrons. The molecule has 0 heterocycles. The Hall–Kier alpha value is -3.74. The van der Waals surface area contributed by atoms with Crippen molar-refractivity contribution in [3.8, 4) is 23.0 Å². The van der Waals surface area contributed by atoms with E-state index in [2.05, 4.69) is 0 Å². The summed E-state index contributed by atoms with van der Waals surface area (Å²) in [7, 11) is 0. The fourth-order valence-electron chi connectivity index (χ4n) is 3.49. The summed E-state index contributed by atoms with van der Waals surface area (Å²) >= 11 is 0. The normalized spacial score (nSPS) is 10.7. The van der Waals surface area contributed by atoms with Crippen molar-refractivity contribution in [3.05, 3.63) is 59.7 Å². The molecule has 174 valence electrons. The number of ketones is 1. The van der Waals surface area contributed by atoms with Crippen molar-refractivity contribution in [3.63, 3.8) is 0 Å². The summed E-state index contributed by atoms with van der Waals surface area (Å²) in [6.07, 6.45) is 2.06. The maximum atomic E-state index is 11.7. The summed E-state index contributed by atoms with van der Waals surface area (Å²) in [4.78, 5) is 22.4. The number of rotatable bonds is 12. The molecular weight excluding hydrogens is 424 g/mol. The first-order valence-corrected chi connectivity index (χ1v) is 10.9. The van der Waals surface area contributed by atoms with Gasteiger partial charge in [0.05, 0.1) is 18.8 Å². The molecular formula is C26H28O7. The summed E-state index contributed by atoms with van der Waals surface area (Å²) in [6.45, 7) is 3.87. The van der Waals surface area contributed by atoms with Crippen molar-refractivity contribution in [2.75, 3.05) is 19.8 Å². The number of phenols is 1. The van der Waals surface area contributed by atoms with Crippen molar-refractivity contribution < 1.29 is 34.0 Å². The topological polar surface area (TPSA) is 102 Å². The lowest BCUT2D eigenvalue weighted by Crippen LogP contribution is -2.09. The zero-order valence-corrected chi connectivity index (χ0v) is 18.8. The van der Waals surface area contributed by atoms with Crippen LogP contribution in [0.3, 0.4) is 0 Å². The maximum Gasteiger partial charge on any atom is 0.341 e. The summed E-state index contributed by atoms with van der Waals surface area (Å²) in [5.74, 6) is 0.548. The van der Waals surface area contributed by atoms with Gasteiger partial charge in [-0.05, 0) is 60.5 Å². The predicted molar refractivity (Wildman–Crippen MR) is 125 cm³/mol. The van der Waals surface area contributed by atoms with Gasteiger partial charge in [-0.3, -0.25) is 4.79 Å². The van der Waals surface area contributed by atoms with Gasteiger partial charge in [-0.25, -0.2) is 4.79 Å². The lowest BCUT2D eigenvalue weighted by molar-refractivity contribution is -0.139. The lowest BCUT2D eigenvalue weighted by Gasteiger charge is -2.15. The Bertz CT molecular complexity index is 1140. The number of aromatic hydroxyl groups is 1. The van der Waals surface area contributed by atoms with Gasteiger partial charge in [0, 0.05) is 12.0 Å². The van der Waals surface area contributed by atoms with E-state index in [1.54, 1.807) is 24.3 Å². The summed E-state index contributed by atoms with van der Waals surface area (Å²) in [6, 6.07) is 14.4. The van der Waals surface area contributed by atoms with Gasteiger partial charge in [0.15, 0.2) is 12.4 Å². The minimum absolute atomic E-state index is 0.000896. The van der Waals surface area contributed by atoms with Gasteiger partial charge in [-0.1, -0.05) is 25.5 Å². The average molecular weight is 453 g/mol. The van der Waals surface area contributed by atoms with Gasteiger partial charge < -0.3 is 24.4 Å². The van der Waals surface area contributed by atoms with Crippen LogP contribution in [0, 0.1) is 0 Å². The van der Waals surface area contributed by atoms with E-state index in [4.69, 9.17) is 19.3 Å². The highest BCUT2D eigenvalue weighted by Crippen LogP contribution is 2.33. The molecule has 33 heavy (non-hydrogen) atoms. The van der Waals surface area contributed by atoms with E-state index < -0.39 is 12.6 Å². The highest BCUT2D eigenvalue weighted by molar-refractivity contribution is 5.97. The maximum absolute atomic E-state index is 11.7. The highest BCUT2D eigenvalue weighted by atomic mass is 16.5. The Morgan fingerprint density at radius 2 is 1.55 bits per heavy atom. The van der Waals surface area contributed by atoms with Crippen LogP contribution in [-0.2, 0) is 11.2 Å². The fourth-order valence-corrected chi connectivity index (χ4v) is 3.49. The SMILES string of the molecule is CCCc1c(OCCCOc2ccc3ccc(OCC(=O)O)cc3c2)ccc(C(C)=O)c1O. The molecule has 3 aromatic carbocycles. The van der Waals surface area contributed by atoms with Crippen LogP contribution in [0.2, 0.25) is 0 Å². The zero-order chi connectivity index (χ0) is 23.8. The standard InChI is InChI=1S/C26H28O7/c1-3-5-23-24(11-10-22(17(2)27)26(23)30)32-13-4-12-31-20-8-6-18-7-9-21(15-19(18)14-20)33-16-25(28)29/h6-11,14-15,30H,3-5,12-13,16H2,1-2H3,(H,28,29). The Balaban J connectivity index is 1.56. The van der Waals surface area contributed by atoms with Crippen LogP contribution in [0.5, 0.6) is 23.0 Å². The summed E-state index contributed by atoms with van der Waals surface area (Å²) in [5, 5.41) is 21.1. The highest BCUT2D eigenvalue weighted by Gasteiger charge is 2.15. The second kappa shape index (κ2) is 11.2. The number of fused-ring (bicyclic) bond motifs is 1. The Kier molecular flexibility index (Phi) is 8.13. The number of hydrogen-bond donors (Lipinski definition) is 2. The molecule has 0 aliphatic rings. The van der Waals surface area contributed by atoms with Crippen molar-refractivity contribution in [2.24, 2.45) is 0 Å². The molecule has 0 aromatic heterocycles. The molecule has 7 heteroatoms. The molecule has 0 aliphatic heterocycles. The van der Waals surface area contributed by atoms with Crippen LogP contribution < -0.4 is 14.2 Å². The Morgan fingerprint density at radius 1 is 0.879 bits per heavy atom. The van der Waals surface area contributed by atoms with E-state index >= 15 is 0 Å². The molecule has 0 saturated heterocycles. The molecule has 0 saturated carbocycles. The molecule has 0 bridgehead atoms. The first-order valence-electron chi connectivity index (χ1n) is 10.9. The molecule has 0 atom stereocenters. The van der Waals surface area contributed by atoms with E-state index in [0.29, 0.717) is 54.4 Å². The first kappa shape index (κ1) is 23.9. The van der Waals surface area contributed by atoms with Crippen molar-refractivity contribution in [2.45, 2.75) is 33.1 Å². The number of phenolic OH excluding ortho intramolecular Hbond substituents is 1. The zero-order valence-electron chi connectivity index (χ0n) is 18.8. The number of benzene rings is 3. The summed E-state index contributed by atoms with van der Waals surface area (Å²) < 4.78 is 16.9.